The summed E-state index contributed by atoms with van der Waals surface area (Å²) in [5.41, 5.74) is 7.05. The van der Waals surface area contributed by atoms with Gasteiger partial charge in [-0.2, -0.15) is 5.10 Å². The molecule has 1 aromatic heterocycles. The summed E-state index contributed by atoms with van der Waals surface area (Å²) in [6, 6.07) is 0. The first-order valence-corrected chi connectivity index (χ1v) is 7.50. The molecule has 0 spiro atoms. The average Bonchev–Trinajstić information content (AvgIpc) is 2.69. The summed E-state index contributed by atoms with van der Waals surface area (Å²) >= 11 is 0. The van der Waals surface area contributed by atoms with E-state index in [1.165, 1.54) is 0 Å². The van der Waals surface area contributed by atoms with Crippen LogP contribution in [0.2, 0.25) is 0 Å². The zero-order chi connectivity index (χ0) is 13.6. The van der Waals surface area contributed by atoms with Crippen molar-refractivity contribution in [2.24, 2.45) is 17.1 Å². The van der Waals surface area contributed by atoms with E-state index in [4.69, 9.17) is 5.73 Å². The van der Waals surface area contributed by atoms with Gasteiger partial charge in [-0.15, -0.1) is 0 Å². The summed E-state index contributed by atoms with van der Waals surface area (Å²) in [6.45, 7) is 6.66. The van der Waals surface area contributed by atoms with E-state index in [2.05, 4.69) is 28.8 Å². The molecule has 1 aliphatic rings. The second-order valence-electron chi connectivity index (χ2n) is 5.58. The van der Waals surface area contributed by atoms with Crippen molar-refractivity contribution in [2.45, 2.75) is 38.8 Å². The summed E-state index contributed by atoms with van der Waals surface area (Å²) in [6.07, 6.45) is 1.05. The van der Waals surface area contributed by atoms with Gasteiger partial charge in [-0.3, -0.25) is 5.10 Å². The molecule has 2 rings (SSSR count). The Morgan fingerprint density at radius 1 is 1.56 bits per heavy atom. The van der Waals surface area contributed by atoms with E-state index in [9.17, 15) is 8.42 Å². The molecule has 1 saturated carbocycles. The first-order chi connectivity index (χ1) is 8.28. The molecule has 1 unspecified atom stereocenters. The van der Waals surface area contributed by atoms with Crippen LogP contribution in [-0.4, -0.2) is 25.2 Å². The SMILES string of the molecule is Cc1[nH]nc(S(=O)(=O)NCC2CC2(C)C)c1CN. The molecule has 0 bridgehead atoms. The van der Waals surface area contributed by atoms with E-state index in [-0.39, 0.29) is 17.0 Å². The third kappa shape index (κ3) is 2.43. The Bertz CT molecular complexity index is 547. The number of nitrogens with one attached hydrogen (secondary N) is 2. The van der Waals surface area contributed by atoms with Gasteiger partial charge in [-0.25, -0.2) is 13.1 Å². The minimum Gasteiger partial charge on any atom is -0.326 e. The maximum atomic E-state index is 12.1. The Hall–Kier alpha value is -0.920. The highest BCUT2D eigenvalue weighted by atomic mass is 32.2. The fourth-order valence-electron chi connectivity index (χ4n) is 2.10. The van der Waals surface area contributed by atoms with Crippen molar-refractivity contribution < 1.29 is 8.42 Å². The summed E-state index contributed by atoms with van der Waals surface area (Å²) in [5.74, 6) is 0.411. The minimum absolute atomic E-state index is 0.0287. The Morgan fingerprint density at radius 3 is 2.67 bits per heavy atom. The van der Waals surface area contributed by atoms with E-state index in [0.29, 0.717) is 23.7 Å². The number of aromatic amines is 1. The van der Waals surface area contributed by atoms with Crippen molar-refractivity contribution in [3.63, 3.8) is 0 Å². The van der Waals surface area contributed by atoms with Gasteiger partial charge in [-0.05, 0) is 24.7 Å². The van der Waals surface area contributed by atoms with Crippen molar-refractivity contribution in [1.82, 2.24) is 14.9 Å². The molecular formula is C11H20N4O2S. The standard InChI is InChI=1S/C11H20N4O2S/c1-7-9(5-12)10(15-14-7)18(16,17)13-6-8-4-11(8,2)3/h8,13H,4-6,12H2,1-3H3,(H,14,15). The number of hydrogen-bond donors (Lipinski definition) is 3. The van der Waals surface area contributed by atoms with Crippen LogP contribution in [0.1, 0.15) is 31.5 Å². The van der Waals surface area contributed by atoms with Gasteiger partial charge in [0.2, 0.25) is 0 Å². The van der Waals surface area contributed by atoms with Crippen LogP contribution in [0.15, 0.2) is 5.03 Å². The lowest BCUT2D eigenvalue weighted by molar-refractivity contribution is 0.535. The number of rotatable bonds is 5. The molecule has 0 aromatic carbocycles. The summed E-state index contributed by atoms with van der Waals surface area (Å²) in [7, 11) is -3.56. The fraction of sp³-hybridized carbons (Fsp3) is 0.727. The molecule has 1 heterocycles. The van der Waals surface area contributed by atoms with Gasteiger partial charge in [0.1, 0.15) is 0 Å². The van der Waals surface area contributed by atoms with E-state index < -0.39 is 10.0 Å². The maximum Gasteiger partial charge on any atom is 0.260 e. The lowest BCUT2D eigenvalue weighted by Crippen LogP contribution is -2.28. The van der Waals surface area contributed by atoms with Crippen LogP contribution < -0.4 is 10.5 Å². The van der Waals surface area contributed by atoms with Gasteiger partial charge in [0.05, 0.1) is 0 Å². The third-order valence-electron chi connectivity index (χ3n) is 3.73. The molecule has 0 amide bonds. The van der Waals surface area contributed by atoms with Crippen molar-refractivity contribution in [3.05, 3.63) is 11.3 Å². The maximum absolute atomic E-state index is 12.1. The number of nitrogens with zero attached hydrogens (tertiary/aromatic N) is 1. The second-order valence-corrected chi connectivity index (χ2v) is 7.26. The summed E-state index contributed by atoms with van der Waals surface area (Å²) < 4.78 is 26.9. The zero-order valence-corrected chi connectivity index (χ0v) is 11.8. The molecule has 7 heteroatoms. The van der Waals surface area contributed by atoms with Crippen LogP contribution in [0.5, 0.6) is 0 Å². The number of aromatic nitrogens is 2. The lowest BCUT2D eigenvalue weighted by atomic mass is 10.1. The van der Waals surface area contributed by atoms with Crippen molar-refractivity contribution in [2.75, 3.05) is 6.54 Å². The Balaban J connectivity index is 2.11. The van der Waals surface area contributed by atoms with Crippen molar-refractivity contribution in [3.8, 4) is 0 Å². The van der Waals surface area contributed by atoms with Gasteiger partial charge in [0, 0.05) is 24.3 Å². The monoisotopic (exact) mass is 272 g/mol. The van der Waals surface area contributed by atoms with Gasteiger partial charge in [0.25, 0.3) is 10.0 Å². The van der Waals surface area contributed by atoms with E-state index in [1.54, 1.807) is 6.92 Å². The van der Waals surface area contributed by atoms with E-state index >= 15 is 0 Å². The summed E-state index contributed by atoms with van der Waals surface area (Å²) in [5, 5.41) is 6.53. The third-order valence-corrected chi connectivity index (χ3v) is 5.13. The van der Waals surface area contributed by atoms with Gasteiger partial charge >= 0.3 is 0 Å². The van der Waals surface area contributed by atoms with E-state index in [0.717, 1.165) is 6.42 Å². The topological polar surface area (TPSA) is 101 Å². The van der Waals surface area contributed by atoms with Crippen LogP contribution >= 0.6 is 0 Å². The molecule has 18 heavy (non-hydrogen) atoms. The highest BCUT2D eigenvalue weighted by Gasteiger charge is 2.45. The van der Waals surface area contributed by atoms with Gasteiger partial charge in [-0.1, -0.05) is 13.8 Å². The molecule has 1 aliphatic carbocycles. The smallest absolute Gasteiger partial charge is 0.260 e. The largest absolute Gasteiger partial charge is 0.326 e. The first kappa shape index (κ1) is 13.5. The number of nitrogens with two attached hydrogens (primary N) is 1. The first-order valence-electron chi connectivity index (χ1n) is 6.01. The summed E-state index contributed by atoms with van der Waals surface area (Å²) in [4.78, 5) is 0. The highest BCUT2D eigenvalue weighted by molar-refractivity contribution is 7.89. The van der Waals surface area contributed by atoms with E-state index in [1.807, 2.05) is 0 Å². The van der Waals surface area contributed by atoms with Crippen molar-refractivity contribution >= 4 is 10.0 Å². The molecule has 1 aromatic rings. The molecule has 1 atom stereocenters. The molecule has 4 N–H and O–H groups in total. The number of hydrogen-bond acceptors (Lipinski definition) is 4. The molecular weight excluding hydrogens is 252 g/mol. The van der Waals surface area contributed by atoms with Crippen LogP contribution in [0.3, 0.4) is 0 Å². The molecule has 102 valence electrons. The van der Waals surface area contributed by atoms with Crippen LogP contribution in [0.4, 0.5) is 0 Å². The number of sulfonamides is 1. The zero-order valence-electron chi connectivity index (χ0n) is 10.9. The Kier molecular flexibility index (Phi) is 3.25. The van der Waals surface area contributed by atoms with Gasteiger partial charge < -0.3 is 5.73 Å². The second kappa shape index (κ2) is 4.32. The molecule has 0 aliphatic heterocycles. The van der Waals surface area contributed by atoms with Crippen molar-refractivity contribution in [1.29, 1.82) is 0 Å². The molecule has 6 nitrogen and oxygen atoms in total. The normalized spacial score (nSPS) is 22.1. The quantitative estimate of drug-likeness (QED) is 0.726. The van der Waals surface area contributed by atoms with Crippen LogP contribution in [-0.2, 0) is 16.6 Å². The molecule has 0 saturated heterocycles. The number of H-pyrrole nitrogens is 1. The minimum atomic E-state index is -3.56. The van der Waals surface area contributed by atoms with Crippen LogP contribution in [0.25, 0.3) is 0 Å². The fourth-order valence-corrected chi connectivity index (χ4v) is 3.38. The predicted octanol–water partition coefficient (Wildman–Crippen LogP) is 0.501. The highest BCUT2D eigenvalue weighted by Crippen LogP contribution is 2.51. The van der Waals surface area contributed by atoms with Gasteiger partial charge in [0.15, 0.2) is 5.03 Å². The van der Waals surface area contributed by atoms with Crippen LogP contribution in [0, 0.1) is 18.3 Å². The number of aryl methyl sites for hydroxylation is 1. The molecule has 0 radical (unpaired) electrons. The Morgan fingerprint density at radius 2 is 2.17 bits per heavy atom. The average molecular weight is 272 g/mol. The lowest BCUT2D eigenvalue weighted by Gasteiger charge is -2.07. The predicted molar refractivity (Wildman–Crippen MR) is 68.3 cm³/mol. The molecule has 1 fully saturated rings. The Labute approximate surface area is 107 Å².